The molecule has 0 saturated carbocycles. The number of rotatable bonds is 7. The molecule has 25 heavy (non-hydrogen) atoms. The predicted molar refractivity (Wildman–Crippen MR) is 104 cm³/mol. The van der Waals surface area contributed by atoms with E-state index in [0.717, 1.165) is 35.3 Å². The second-order valence-corrected chi connectivity index (χ2v) is 6.18. The molecule has 1 aromatic heterocycles. The van der Waals surface area contributed by atoms with Crippen molar-refractivity contribution in [2.75, 3.05) is 16.8 Å². The van der Waals surface area contributed by atoms with E-state index in [-0.39, 0.29) is 0 Å². The van der Waals surface area contributed by atoms with Crippen molar-refractivity contribution in [2.45, 2.75) is 20.0 Å². The minimum absolute atomic E-state index is 0.693. The van der Waals surface area contributed by atoms with Gasteiger partial charge in [-0.25, -0.2) is 9.97 Å². The summed E-state index contributed by atoms with van der Waals surface area (Å²) in [5.74, 6) is 1.73. The Labute approximate surface area is 153 Å². The first-order valence-electron chi connectivity index (χ1n) is 8.34. The summed E-state index contributed by atoms with van der Waals surface area (Å²) in [6, 6.07) is 20.2. The van der Waals surface area contributed by atoms with E-state index in [1.54, 1.807) is 6.33 Å². The van der Waals surface area contributed by atoms with Gasteiger partial charge in [-0.3, -0.25) is 0 Å². The lowest BCUT2D eigenvalue weighted by molar-refractivity contribution is 0.810. The van der Waals surface area contributed by atoms with Crippen molar-refractivity contribution in [2.24, 2.45) is 0 Å². The Morgan fingerprint density at radius 2 is 1.72 bits per heavy atom. The number of hydrogen-bond donors (Lipinski definition) is 1. The van der Waals surface area contributed by atoms with Crippen LogP contribution in [0.4, 0.5) is 11.6 Å². The van der Waals surface area contributed by atoms with Crippen LogP contribution in [0.15, 0.2) is 67.0 Å². The Balaban J connectivity index is 1.68. The van der Waals surface area contributed by atoms with Crippen molar-refractivity contribution in [3.05, 3.63) is 83.1 Å². The largest absolute Gasteiger partial charge is 0.366 e. The molecule has 3 rings (SSSR count). The van der Waals surface area contributed by atoms with Gasteiger partial charge in [0.25, 0.3) is 0 Å². The normalized spacial score (nSPS) is 10.5. The van der Waals surface area contributed by atoms with Crippen molar-refractivity contribution >= 4 is 23.2 Å². The minimum atomic E-state index is 0.693. The summed E-state index contributed by atoms with van der Waals surface area (Å²) in [4.78, 5) is 11.0. The molecular formula is C20H21ClN4. The fraction of sp³-hybridized carbons (Fsp3) is 0.200. The van der Waals surface area contributed by atoms with Crippen LogP contribution in [0.25, 0.3) is 0 Å². The number of nitrogens with zero attached hydrogens (tertiary/aromatic N) is 3. The van der Waals surface area contributed by atoms with E-state index in [1.807, 2.05) is 36.4 Å². The Bertz CT molecular complexity index is 790. The summed E-state index contributed by atoms with van der Waals surface area (Å²) in [5.41, 5.74) is 2.42. The van der Waals surface area contributed by atoms with Crippen molar-refractivity contribution in [3.63, 3.8) is 0 Å². The van der Waals surface area contributed by atoms with Gasteiger partial charge in [-0.05, 0) is 30.2 Å². The molecule has 1 heterocycles. The topological polar surface area (TPSA) is 41.0 Å². The average molecular weight is 353 g/mol. The van der Waals surface area contributed by atoms with Crippen LogP contribution >= 0.6 is 11.6 Å². The van der Waals surface area contributed by atoms with Crippen LogP contribution in [0.3, 0.4) is 0 Å². The maximum atomic E-state index is 5.92. The molecule has 0 radical (unpaired) electrons. The maximum Gasteiger partial charge on any atom is 0.134 e. The lowest BCUT2D eigenvalue weighted by Crippen LogP contribution is -2.23. The van der Waals surface area contributed by atoms with Gasteiger partial charge < -0.3 is 10.2 Å². The van der Waals surface area contributed by atoms with E-state index in [9.17, 15) is 0 Å². The fourth-order valence-corrected chi connectivity index (χ4v) is 2.70. The maximum absolute atomic E-state index is 5.92. The number of benzene rings is 2. The van der Waals surface area contributed by atoms with Crippen molar-refractivity contribution in [1.29, 1.82) is 0 Å². The van der Waals surface area contributed by atoms with Crippen molar-refractivity contribution < 1.29 is 0 Å². The first-order chi connectivity index (χ1) is 12.2. The summed E-state index contributed by atoms with van der Waals surface area (Å²) in [6.45, 7) is 4.53. The molecule has 3 aromatic rings. The smallest absolute Gasteiger partial charge is 0.134 e. The second kappa shape index (κ2) is 8.49. The Morgan fingerprint density at radius 1 is 0.960 bits per heavy atom. The van der Waals surface area contributed by atoms with Crippen LogP contribution in [0.1, 0.15) is 18.1 Å². The van der Waals surface area contributed by atoms with Crippen molar-refractivity contribution in [1.82, 2.24) is 9.97 Å². The molecule has 0 unspecified atom stereocenters. The highest BCUT2D eigenvalue weighted by Crippen LogP contribution is 2.18. The van der Waals surface area contributed by atoms with E-state index in [0.29, 0.717) is 6.54 Å². The van der Waals surface area contributed by atoms with Crippen LogP contribution in [0.5, 0.6) is 0 Å². The van der Waals surface area contributed by atoms with Crippen LogP contribution in [0, 0.1) is 0 Å². The van der Waals surface area contributed by atoms with Crippen LogP contribution in [0.2, 0.25) is 5.02 Å². The van der Waals surface area contributed by atoms with Gasteiger partial charge in [0, 0.05) is 30.7 Å². The molecule has 128 valence electrons. The average Bonchev–Trinajstić information content (AvgIpc) is 2.67. The van der Waals surface area contributed by atoms with Crippen LogP contribution in [-0.4, -0.2) is 16.5 Å². The van der Waals surface area contributed by atoms with Gasteiger partial charge in [-0.15, -0.1) is 0 Å². The number of anilines is 2. The number of aromatic nitrogens is 2. The summed E-state index contributed by atoms with van der Waals surface area (Å²) in [6.07, 6.45) is 1.60. The summed E-state index contributed by atoms with van der Waals surface area (Å²) >= 11 is 5.92. The third-order valence-corrected chi connectivity index (χ3v) is 4.21. The zero-order valence-corrected chi connectivity index (χ0v) is 14.9. The first kappa shape index (κ1) is 17.2. The molecule has 0 aliphatic heterocycles. The molecular weight excluding hydrogens is 332 g/mol. The third kappa shape index (κ3) is 4.94. The van der Waals surface area contributed by atoms with Gasteiger partial charge in [0.05, 0.1) is 0 Å². The summed E-state index contributed by atoms with van der Waals surface area (Å²) in [7, 11) is 0. The zero-order chi connectivity index (χ0) is 17.5. The van der Waals surface area contributed by atoms with Crippen molar-refractivity contribution in [3.8, 4) is 0 Å². The number of nitrogens with one attached hydrogen (secondary N) is 1. The highest BCUT2D eigenvalue weighted by Gasteiger charge is 2.08. The lowest BCUT2D eigenvalue weighted by atomic mass is 10.2. The van der Waals surface area contributed by atoms with E-state index >= 15 is 0 Å². The van der Waals surface area contributed by atoms with E-state index < -0.39 is 0 Å². The molecule has 2 aromatic carbocycles. The highest BCUT2D eigenvalue weighted by atomic mass is 35.5. The molecule has 0 spiro atoms. The van der Waals surface area contributed by atoms with Gasteiger partial charge in [-0.1, -0.05) is 54.1 Å². The van der Waals surface area contributed by atoms with Gasteiger partial charge >= 0.3 is 0 Å². The van der Waals surface area contributed by atoms with Gasteiger partial charge in [0.1, 0.15) is 18.0 Å². The van der Waals surface area contributed by atoms with Gasteiger partial charge in [0.2, 0.25) is 0 Å². The standard InChI is InChI=1S/C20H21ClN4/c1-2-25(14-17-6-4-3-5-7-17)20-12-19(23-15-24-20)22-13-16-8-10-18(21)11-9-16/h3-12,15H,2,13-14H2,1H3,(H,22,23,24). The Kier molecular flexibility index (Phi) is 5.86. The molecule has 1 N–H and O–H groups in total. The highest BCUT2D eigenvalue weighted by molar-refractivity contribution is 6.30. The molecule has 5 heteroatoms. The fourth-order valence-electron chi connectivity index (χ4n) is 2.57. The van der Waals surface area contributed by atoms with Gasteiger partial charge in [0.15, 0.2) is 0 Å². The quantitative estimate of drug-likeness (QED) is 0.665. The number of halogens is 1. The molecule has 4 nitrogen and oxygen atoms in total. The Hall–Kier alpha value is -2.59. The van der Waals surface area contributed by atoms with E-state index in [4.69, 9.17) is 11.6 Å². The molecule has 0 atom stereocenters. The second-order valence-electron chi connectivity index (χ2n) is 5.74. The lowest BCUT2D eigenvalue weighted by Gasteiger charge is -2.22. The third-order valence-electron chi connectivity index (χ3n) is 3.96. The zero-order valence-electron chi connectivity index (χ0n) is 14.2. The molecule has 0 bridgehead atoms. The first-order valence-corrected chi connectivity index (χ1v) is 8.71. The molecule has 0 amide bonds. The molecule has 0 aliphatic carbocycles. The SMILES string of the molecule is CCN(Cc1ccccc1)c1cc(NCc2ccc(Cl)cc2)ncn1. The molecule has 0 aliphatic rings. The summed E-state index contributed by atoms with van der Waals surface area (Å²) < 4.78 is 0. The minimum Gasteiger partial charge on any atom is -0.366 e. The summed E-state index contributed by atoms with van der Waals surface area (Å²) in [5, 5.41) is 4.09. The monoisotopic (exact) mass is 352 g/mol. The van der Waals surface area contributed by atoms with E-state index in [1.165, 1.54) is 5.56 Å². The van der Waals surface area contributed by atoms with Crippen LogP contribution < -0.4 is 10.2 Å². The molecule has 0 fully saturated rings. The number of hydrogen-bond acceptors (Lipinski definition) is 4. The van der Waals surface area contributed by atoms with Gasteiger partial charge in [-0.2, -0.15) is 0 Å². The predicted octanol–water partition coefficient (Wildman–Crippen LogP) is 4.77. The Morgan fingerprint density at radius 3 is 2.44 bits per heavy atom. The van der Waals surface area contributed by atoms with Crippen LogP contribution in [-0.2, 0) is 13.1 Å². The molecule has 0 saturated heterocycles. The van der Waals surface area contributed by atoms with E-state index in [2.05, 4.69) is 51.4 Å².